The van der Waals surface area contributed by atoms with Crippen molar-refractivity contribution in [2.45, 2.75) is 50.0 Å². The molecule has 1 aromatic carbocycles. The topological polar surface area (TPSA) is 94.5 Å². The van der Waals surface area contributed by atoms with Gasteiger partial charge in [-0.1, -0.05) is 18.2 Å². The van der Waals surface area contributed by atoms with Crippen LogP contribution in [-0.4, -0.2) is 53.2 Å². The van der Waals surface area contributed by atoms with E-state index in [2.05, 4.69) is 6.58 Å². The molecule has 1 amide bonds. The number of aliphatic hydroxyl groups is 1. The van der Waals surface area contributed by atoms with Crippen molar-refractivity contribution >= 4 is 25.3 Å². The number of halogens is 3. The molecular formula is C21H23ClF2NO7P. The lowest BCUT2D eigenvalue weighted by Crippen LogP contribution is -2.50. The fourth-order valence-corrected chi connectivity index (χ4v) is 5.46. The van der Waals surface area contributed by atoms with Gasteiger partial charge in [0.1, 0.15) is 18.0 Å². The molecular weight excluding hydrogens is 483 g/mol. The van der Waals surface area contributed by atoms with Gasteiger partial charge in [-0.2, -0.15) is 0 Å². The number of carbonyl (C=O) groups excluding carboxylic acids is 1. The molecule has 12 heteroatoms. The van der Waals surface area contributed by atoms with Crippen LogP contribution < -0.4 is 0 Å². The van der Waals surface area contributed by atoms with Crippen molar-refractivity contribution in [3.05, 3.63) is 59.0 Å². The molecule has 33 heavy (non-hydrogen) atoms. The van der Waals surface area contributed by atoms with Gasteiger partial charge in [-0.05, 0) is 36.8 Å². The molecule has 8 nitrogen and oxygen atoms in total. The highest BCUT2D eigenvalue weighted by Gasteiger charge is 2.57. The molecule has 0 bridgehead atoms. The van der Waals surface area contributed by atoms with Crippen LogP contribution in [0.15, 0.2) is 42.6 Å². The molecule has 3 heterocycles. The first-order valence-electron chi connectivity index (χ1n) is 10.2. The van der Waals surface area contributed by atoms with Gasteiger partial charge in [0, 0.05) is 23.2 Å². The number of carbonyl (C=O) groups is 1. The van der Waals surface area contributed by atoms with Crippen LogP contribution in [0.3, 0.4) is 0 Å². The monoisotopic (exact) mass is 505 g/mol. The van der Waals surface area contributed by atoms with Gasteiger partial charge in [-0.25, -0.2) is 13.3 Å². The molecule has 6 atom stereocenters. The Bertz CT molecular complexity index is 1040. The molecule has 1 N–H and O–H groups in total. The number of ether oxygens (including phenoxy) is 1. The van der Waals surface area contributed by atoms with Crippen LogP contribution >= 0.6 is 19.4 Å². The number of rotatable bonds is 5. The van der Waals surface area contributed by atoms with Gasteiger partial charge in [0.15, 0.2) is 11.9 Å². The normalized spacial score (nSPS) is 37.1. The molecule has 0 saturated carbocycles. The lowest BCUT2D eigenvalue weighted by Gasteiger charge is -2.33. The summed E-state index contributed by atoms with van der Waals surface area (Å²) in [7, 11) is -4.19. The van der Waals surface area contributed by atoms with Gasteiger partial charge in [0.2, 0.25) is 5.91 Å². The van der Waals surface area contributed by atoms with E-state index >= 15 is 4.39 Å². The van der Waals surface area contributed by atoms with Gasteiger partial charge in [-0.15, -0.1) is 0 Å². The standard InChI is InChI=1S/C21H23ClF2NO7P/c1-12-5-7-25(18(26)9-12)20-21(2,24)19(27)17(31-20)11-30-33(28)29-8-6-16(32-33)14-10-13(22)3-4-15(14)23/h3-5,7,10,16-17,19-20,27H,1,6,8-9,11H2,2H3/t16-,17-,19-,20-,21-,33?/m1/s1. The van der Waals surface area contributed by atoms with Crippen LogP contribution in [0.25, 0.3) is 0 Å². The van der Waals surface area contributed by atoms with E-state index in [1.807, 2.05) is 0 Å². The van der Waals surface area contributed by atoms with Crippen LogP contribution in [0.5, 0.6) is 0 Å². The summed E-state index contributed by atoms with van der Waals surface area (Å²) in [4.78, 5) is 13.3. The Morgan fingerprint density at radius 2 is 2.21 bits per heavy atom. The number of allylic oxidation sites excluding steroid dienone is 1. The van der Waals surface area contributed by atoms with Gasteiger partial charge in [0.25, 0.3) is 0 Å². The molecule has 0 radical (unpaired) electrons. The Morgan fingerprint density at radius 3 is 2.94 bits per heavy atom. The van der Waals surface area contributed by atoms with Crippen molar-refractivity contribution in [2.24, 2.45) is 0 Å². The third kappa shape index (κ3) is 4.93. The zero-order chi connectivity index (χ0) is 24.0. The van der Waals surface area contributed by atoms with Crippen molar-refractivity contribution in [3.8, 4) is 0 Å². The second-order valence-corrected chi connectivity index (χ2v) is 10.3. The highest BCUT2D eigenvalue weighted by Crippen LogP contribution is 2.57. The SMILES string of the molecule is C=C1C=CN([C@@H]2O[C@H](COP3(=O)OCC[C@H](c4cc(Cl)ccc4F)O3)[C@@H](O)[C@@]2(C)F)C(=O)C1. The fraction of sp³-hybridized carbons (Fsp3) is 0.476. The van der Waals surface area contributed by atoms with Crippen LogP contribution in [-0.2, 0) is 27.7 Å². The van der Waals surface area contributed by atoms with Crippen molar-refractivity contribution < 1.29 is 41.6 Å². The predicted octanol–water partition coefficient (Wildman–Crippen LogP) is 4.20. The first-order valence-corrected chi connectivity index (χ1v) is 12.1. The molecule has 4 rings (SSSR count). The number of hydrogen-bond acceptors (Lipinski definition) is 7. The Hall–Kier alpha value is -1.65. The number of hydrogen-bond donors (Lipinski definition) is 1. The molecule has 3 aliphatic heterocycles. The minimum absolute atomic E-state index is 0.0119. The number of amides is 1. The summed E-state index contributed by atoms with van der Waals surface area (Å²) in [5, 5.41) is 10.7. The zero-order valence-electron chi connectivity index (χ0n) is 17.7. The maximum Gasteiger partial charge on any atom is 0.475 e. The lowest BCUT2D eigenvalue weighted by molar-refractivity contribution is -0.148. The van der Waals surface area contributed by atoms with Crippen LogP contribution in [0, 0.1) is 5.82 Å². The van der Waals surface area contributed by atoms with E-state index in [0.29, 0.717) is 5.57 Å². The zero-order valence-corrected chi connectivity index (χ0v) is 19.3. The summed E-state index contributed by atoms with van der Waals surface area (Å²) >= 11 is 5.92. The van der Waals surface area contributed by atoms with Crippen molar-refractivity contribution in [1.29, 1.82) is 0 Å². The molecule has 2 fully saturated rings. The first-order chi connectivity index (χ1) is 15.5. The number of alkyl halides is 1. The average molecular weight is 506 g/mol. The van der Waals surface area contributed by atoms with Gasteiger partial charge < -0.3 is 9.84 Å². The third-order valence-corrected chi connectivity index (χ3v) is 7.41. The van der Waals surface area contributed by atoms with E-state index in [4.69, 9.17) is 29.9 Å². The van der Waals surface area contributed by atoms with E-state index in [1.165, 1.54) is 24.4 Å². The molecule has 1 aromatic rings. The Balaban J connectivity index is 1.44. The van der Waals surface area contributed by atoms with Crippen molar-refractivity contribution in [1.82, 2.24) is 4.90 Å². The summed E-state index contributed by atoms with van der Waals surface area (Å²) < 4.78 is 63.9. The summed E-state index contributed by atoms with van der Waals surface area (Å²) in [5.41, 5.74) is -1.69. The summed E-state index contributed by atoms with van der Waals surface area (Å²) in [6, 6.07) is 3.90. The number of benzene rings is 1. The smallest absolute Gasteiger partial charge is 0.387 e. The third-order valence-electron chi connectivity index (χ3n) is 5.69. The maximum absolute atomic E-state index is 15.3. The summed E-state index contributed by atoms with van der Waals surface area (Å²) in [6.45, 7) is 4.18. The van der Waals surface area contributed by atoms with Crippen LogP contribution in [0.1, 0.15) is 31.4 Å². The van der Waals surface area contributed by atoms with E-state index in [0.717, 1.165) is 11.8 Å². The van der Waals surface area contributed by atoms with Gasteiger partial charge in [0.05, 0.1) is 25.7 Å². The van der Waals surface area contributed by atoms with E-state index < -0.39 is 56.4 Å². The second-order valence-electron chi connectivity index (χ2n) is 8.20. The maximum atomic E-state index is 15.3. The van der Waals surface area contributed by atoms with E-state index in [1.54, 1.807) is 6.08 Å². The van der Waals surface area contributed by atoms with Crippen molar-refractivity contribution in [3.63, 3.8) is 0 Å². The predicted molar refractivity (Wildman–Crippen MR) is 113 cm³/mol. The van der Waals surface area contributed by atoms with E-state index in [-0.39, 0.29) is 30.0 Å². The molecule has 0 aromatic heterocycles. The van der Waals surface area contributed by atoms with Crippen LogP contribution in [0.4, 0.5) is 8.78 Å². The summed E-state index contributed by atoms with van der Waals surface area (Å²) in [5.74, 6) is -1.03. The average Bonchev–Trinajstić information content (AvgIpc) is 2.97. The minimum Gasteiger partial charge on any atom is -0.387 e. The molecule has 0 spiro atoms. The fourth-order valence-electron chi connectivity index (χ4n) is 3.89. The van der Waals surface area contributed by atoms with Gasteiger partial charge >= 0.3 is 7.82 Å². The molecule has 0 aliphatic carbocycles. The second kappa shape index (κ2) is 9.19. The quantitative estimate of drug-likeness (QED) is 0.599. The van der Waals surface area contributed by atoms with Gasteiger partial charge in [-0.3, -0.25) is 23.3 Å². The highest BCUT2D eigenvalue weighted by atomic mass is 35.5. The molecule has 1 unspecified atom stereocenters. The minimum atomic E-state index is -4.19. The number of nitrogens with zero attached hydrogens (tertiary/aromatic N) is 1. The lowest BCUT2D eigenvalue weighted by atomic mass is 9.97. The largest absolute Gasteiger partial charge is 0.475 e. The number of phosphoric acid groups is 1. The Kier molecular flexibility index (Phi) is 6.81. The van der Waals surface area contributed by atoms with E-state index in [9.17, 15) is 18.9 Å². The van der Waals surface area contributed by atoms with Crippen molar-refractivity contribution in [2.75, 3.05) is 13.2 Å². The molecule has 2 saturated heterocycles. The Morgan fingerprint density at radius 1 is 1.45 bits per heavy atom. The number of aliphatic hydroxyl groups excluding tert-OH is 1. The molecule has 180 valence electrons. The van der Waals surface area contributed by atoms with Crippen LogP contribution in [0.2, 0.25) is 5.02 Å². The Labute approximate surface area is 194 Å². The highest BCUT2D eigenvalue weighted by molar-refractivity contribution is 7.48. The number of phosphoric ester groups is 1. The summed E-state index contributed by atoms with van der Waals surface area (Å²) in [6.07, 6.45) is -2.28. The molecule has 3 aliphatic rings. The first kappa shape index (κ1) is 24.5.